The molecule has 31 heavy (non-hydrogen) atoms. The minimum atomic E-state index is 0. The molecular formula is C22H34N4O5. The van der Waals surface area contributed by atoms with Crippen molar-refractivity contribution in [2.75, 3.05) is 46.0 Å². The van der Waals surface area contributed by atoms with Crippen molar-refractivity contribution in [3.8, 4) is 11.4 Å². The highest BCUT2D eigenvalue weighted by Gasteiger charge is 2.20. The molecule has 0 aliphatic carbocycles. The van der Waals surface area contributed by atoms with Crippen LogP contribution in [0.25, 0.3) is 5.69 Å². The number of likely N-dealkylation sites (tertiary alicyclic amines) is 1. The molecule has 1 aromatic carbocycles. The van der Waals surface area contributed by atoms with Gasteiger partial charge in [-0.05, 0) is 57.0 Å². The van der Waals surface area contributed by atoms with E-state index in [9.17, 15) is 4.79 Å². The molecular weight excluding hydrogens is 400 g/mol. The highest BCUT2D eigenvalue weighted by molar-refractivity contribution is 5.93. The smallest absolute Gasteiger partial charge is 0.257 e. The molecule has 1 amide bonds. The van der Waals surface area contributed by atoms with Crippen molar-refractivity contribution in [2.24, 2.45) is 0 Å². The number of hydrogen-bond acceptors (Lipinski definition) is 5. The second kappa shape index (κ2) is 11.8. The number of amides is 1. The summed E-state index contributed by atoms with van der Waals surface area (Å²) in [5, 5.41) is 4.35. The first-order valence-corrected chi connectivity index (χ1v) is 10.6. The van der Waals surface area contributed by atoms with Crippen LogP contribution in [0.5, 0.6) is 5.75 Å². The van der Waals surface area contributed by atoms with Gasteiger partial charge in [0.2, 0.25) is 0 Å². The first-order chi connectivity index (χ1) is 14.2. The molecule has 4 rings (SSSR count). The molecule has 9 heteroatoms. The van der Waals surface area contributed by atoms with Gasteiger partial charge in [0.1, 0.15) is 5.75 Å². The molecule has 1 atom stereocenters. The van der Waals surface area contributed by atoms with E-state index in [0.717, 1.165) is 31.0 Å². The van der Waals surface area contributed by atoms with Crippen LogP contribution in [0.4, 0.5) is 0 Å². The second-order valence-corrected chi connectivity index (χ2v) is 7.80. The zero-order chi connectivity index (χ0) is 20.1. The van der Waals surface area contributed by atoms with E-state index in [1.807, 2.05) is 29.2 Å². The van der Waals surface area contributed by atoms with E-state index < -0.39 is 0 Å². The number of ether oxygens (including phenoxy) is 2. The normalized spacial score (nSPS) is 18.9. The monoisotopic (exact) mass is 434 g/mol. The lowest BCUT2D eigenvalue weighted by Gasteiger charge is -2.26. The number of morpholine rings is 1. The highest BCUT2D eigenvalue weighted by atomic mass is 16.5. The zero-order valence-electron chi connectivity index (χ0n) is 18.1. The van der Waals surface area contributed by atoms with E-state index in [2.05, 4.69) is 16.9 Å². The Morgan fingerprint density at radius 2 is 1.90 bits per heavy atom. The zero-order valence-corrected chi connectivity index (χ0v) is 18.1. The summed E-state index contributed by atoms with van der Waals surface area (Å²) in [6.07, 6.45) is 7.08. The summed E-state index contributed by atoms with van der Waals surface area (Å²) in [6.45, 7) is 7.81. The predicted molar refractivity (Wildman–Crippen MR) is 118 cm³/mol. The number of rotatable bonds is 7. The lowest BCUT2D eigenvalue weighted by atomic mass is 10.2. The van der Waals surface area contributed by atoms with Gasteiger partial charge < -0.3 is 30.2 Å². The van der Waals surface area contributed by atoms with Gasteiger partial charge in [0.15, 0.2) is 0 Å². The second-order valence-electron chi connectivity index (χ2n) is 7.80. The molecule has 2 aliphatic heterocycles. The Kier molecular flexibility index (Phi) is 9.44. The fourth-order valence-electron chi connectivity index (χ4n) is 4.00. The van der Waals surface area contributed by atoms with Crippen LogP contribution in [0.3, 0.4) is 0 Å². The number of nitrogens with zero attached hydrogens (tertiary/aromatic N) is 4. The van der Waals surface area contributed by atoms with Crippen LogP contribution >= 0.6 is 0 Å². The van der Waals surface area contributed by atoms with Crippen LogP contribution in [0, 0.1) is 0 Å². The van der Waals surface area contributed by atoms with Crippen LogP contribution in [0.2, 0.25) is 0 Å². The molecule has 172 valence electrons. The quantitative estimate of drug-likeness (QED) is 0.600. The van der Waals surface area contributed by atoms with Gasteiger partial charge in [-0.1, -0.05) is 0 Å². The average Bonchev–Trinajstić information content (AvgIpc) is 3.41. The SMILES string of the molecule is C[C@@H]1CCCN1CCCOc1ccc(-n2cc(C(=O)N3CCOCC3)cn2)cc1.O.O. The Labute approximate surface area is 183 Å². The van der Waals surface area contributed by atoms with Gasteiger partial charge in [-0.2, -0.15) is 5.10 Å². The van der Waals surface area contributed by atoms with Crippen molar-refractivity contribution in [1.82, 2.24) is 19.6 Å². The minimum Gasteiger partial charge on any atom is -0.494 e. The van der Waals surface area contributed by atoms with E-state index >= 15 is 0 Å². The molecule has 2 saturated heterocycles. The van der Waals surface area contributed by atoms with Crippen molar-refractivity contribution in [1.29, 1.82) is 0 Å². The number of aromatic nitrogens is 2. The molecule has 4 N–H and O–H groups in total. The van der Waals surface area contributed by atoms with Crippen LogP contribution < -0.4 is 4.74 Å². The fraction of sp³-hybridized carbons (Fsp3) is 0.545. The van der Waals surface area contributed by atoms with Gasteiger partial charge in [-0.3, -0.25) is 4.79 Å². The maximum atomic E-state index is 12.6. The van der Waals surface area contributed by atoms with Crippen molar-refractivity contribution in [2.45, 2.75) is 32.2 Å². The maximum Gasteiger partial charge on any atom is 0.257 e. The third-order valence-corrected chi connectivity index (χ3v) is 5.78. The average molecular weight is 435 g/mol. The Morgan fingerprint density at radius 1 is 1.16 bits per heavy atom. The van der Waals surface area contributed by atoms with E-state index in [1.54, 1.807) is 17.1 Å². The summed E-state index contributed by atoms with van der Waals surface area (Å²) in [5.41, 5.74) is 1.51. The Bertz CT molecular complexity index is 804. The summed E-state index contributed by atoms with van der Waals surface area (Å²) in [5.74, 6) is 0.867. The summed E-state index contributed by atoms with van der Waals surface area (Å²) < 4.78 is 12.9. The molecule has 0 unspecified atom stereocenters. The number of benzene rings is 1. The van der Waals surface area contributed by atoms with Crippen LogP contribution in [-0.4, -0.2) is 88.5 Å². The van der Waals surface area contributed by atoms with Gasteiger partial charge in [0.05, 0.1) is 37.3 Å². The molecule has 2 aliphatic rings. The molecule has 2 aromatic rings. The molecule has 1 aromatic heterocycles. The van der Waals surface area contributed by atoms with Gasteiger partial charge >= 0.3 is 0 Å². The number of hydrogen-bond donors (Lipinski definition) is 0. The summed E-state index contributed by atoms with van der Waals surface area (Å²) in [4.78, 5) is 16.9. The third-order valence-electron chi connectivity index (χ3n) is 5.78. The lowest BCUT2D eigenvalue weighted by molar-refractivity contribution is 0.0303. The molecule has 0 spiro atoms. The number of carbonyl (C=O) groups is 1. The Balaban J connectivity index is 0.00000171. The van der Waals surface area contributed by atoms with E-state index in [1.165, 1.54) is 19.4 Å². The molecule has 0 bridgehead atoms. The largest absolute Gasteiger partial charge is 0.494 e. The van der Waals surface area contributed by atoms with E-state index in [0.29, 0.717) is 37.9 Å². The highest BCUT2D eigenvalue weighted by Crippen LogP contribution is 2.18. The van der Waals surface area contributed by atoms with E-state index in [-0.39, 0.29) is 16.9 Å². The minimum absolute atomic E-state index is 0. The molecule has 9 nitrogen and oxygen atoms in total. The number of carbonyl (C=O) groups excluding carboxylic acids is 1. The van der Waals surface area contributed by atoms with Crippen LogP contribution in [0.1, 0.15) is 36.5 Å². The summed E-state index contributed by atoms with van der Waals surface area (Å²) in [6, 6.07) is 8.56. The molecule has 0 saturated carbocycles. The molecule has 2 fully saturated rings. The van der Waals surface area contributed by atoms with Crippen molar-refractivity contribution in [3.05, 3.63) is 42.2 Å². The van der Waals surface area contributed by atoms with Gasteiger partial charge in [0.25, 0.3) is 5.91 Å². The third kappa shape index (κ3) is 6.27. The first-order valence-electron chi connectivity index (χ1n) is 10.6. The van der Waals surface area contributed by atoms with Crippen LogP contribution in [0.15, 0.2) is 36.7 Å². The topological polar surface area (TPSA) is 123 Å². The van der Waals surface area contributed by atoms with Crippen molar-refractivity contribution < 1.29 is 25.2 Å². The van der Waals surface area contributed by atoms with Gasteiger partial charge in [0, 0.05) is 31.9 Å². The lowest BCUT2D eigenvalue weighted by Crippen LogP contribution is -2.40. The summed E-state index contributed by atoms with van der Waals surface area (Å²) >= 11 is 0. The van der Waals surface area contributed by atoms with Crippen molar-refractivity contribution in [3.63, 3.8) is 0 Å². The Hall–Kier alpha value is -2.46. The standard InChI is InChI=1S/C22H30N4O3.2H2O/c1-18-4-2-9-24(18)10-3-13-29-21-7-5-20(6-8-21)26-17-19(16-23-26)22(27)25-11-14-28-15-12-25;;/h5-8,16-18H,2-4,9-15H2,1H3;2*1H2/t18-;;/m1../s1. The van der Waals surface area contributed by atoms with Gasteiger partial charge in [-0.25, -0.2) is 4.68 Å². The maximum absolute atomic E-state index is 12.6. The van der Waals surface area contributed by atoms with Gasteiger partial charge in [-0.15, -0.1) is 0 Å². The summed E-state index contributed by atoms with van der Waals surface area (Å²) in [7, 11) is 0. The predicted octanol–water partition coefficient (Wildman–Crippen LogP) is 0.948. The molecule has 0 radical (unpaired) electrons. The Morgan fingerprint density at radius 3 is 2.58 bits per heavy atom. The molecule has 3 heterocycles. The van der Waals surface area contributed by atoms with Crippen molar-refractivity contribution >= 4 is 5.91 Å². The first kappa shape index (κ1) is 24.8. The van der Waals surface area contributed by atoms with E-state index in [4.69, 9.17) is 9.47 Å². The fourth-order valence-corrected chi connectivity index (χ4v) is 4.00. The van der Waals surface area contributed by atoms with Crippen LogP contribution in [-0.2, 0) is 4.74 Å².